The van der Waals surface area contributed by atoms with Gasteiger partial charge in [-0.3, -0.25) is 14.9 Å². The van der Waals surface area contributed by atoms with Crippen molar-refractivity contribution in [3.8, 4) is 17.1 Å². The van der Waals surface area contributed by atoms with Crippen LogP contribution in [0.25, 0.3) is 22.3 Å². The molecule has 1 aliphatic heterocycles. The number of ether oxygens (including phenoxy) is 1. The van der Waals surface area contributed by atoms with Gasteiger partial charge in [-0.05, 0) is 100 Å². The minimum absolute atomic E-state index is 0.375. The molecule has 0 saturated carbocycles. The summed E-state index contributed by atoms with van der Waals surface area (Å²) in [5, 5.41) is 17.7. The van der Waals surface area contributed by atoms with E-state index in [0.29, 0.717) is 37.8 Å². The van der Waals surface area contributed by atoms with Crippen LogP contribution in [0.15, 0.2) is 79.3 Å². The Labute approximate surface area is 280 Å². The highest BCUT2D eigenvalue weighted by Gasteiger charge is 2.22. The Morgan fingerprint density at radius 2 is 1.90 bits per heavy atom. The number of aromatic nitrogens is 5. The lowest BCUT2D eigenvalue weighted by Gasteiger charge is -2.25. The zero-order chi connectivity index (χ0) is 33.1. The topological polar surface area (TPSA) is 138 Å². The van der Waals surface area contributed by atoms with Crippen molar-refractivity contribution in [3.63, 3.8) is 0 Å². The second-order valence-corrected chi connectivity index (χ2v) is 12.1. The van der Waals surface area contributed by atoms with Crippen molar-refractivity contribution in [2.75, 3.05) is 43.4 Å². The van der Waals surface area contributed by atoms with Crippen molar-refractivity contribution in [1.82, 2.24) is 29.8 Å². The number of hydrogen-bond acceptors (Lipinski definition) is 10. The third kappa shape index (κ3) is 8.60. The van der Waals surface area contributed by atoms with E-state index in [9.17, 15) is 9.90 Å². The highest BCUT2D eigenvalue weighted by Crippen LogP contribution is 2.26. The highest BCUT2D eigenvalue weighted by molar-refractivity contribution is 5.92. The van der Waals surface area contributed by atoms with Crippen molar-refractivity contribution in [2.45, 2.75) is 51.5 Å². The van der Waals surface area contributed by atoms with Crippen LogP contribution < -0.4 is 15.4 Å². The summed E-state index contributed by atoms with van der Waals surface area (Å²) in [7, 11) is 0. The molecular weight excluding hydrogens is 604 g/mol. The smallest absolute Gasteiger partial charge is 0.326 e. The molecule has 6 rings (SSSR count). The number of fused-ring (bicyclic) bond motifs is 2. The lowest BCUT2D eigenvalue weighted by molar-refractivity contribution is -0.138. The van der Waals surface area contributed by atoms with Gasteiger partial charge in [0.25, 0.3) is 0 Å². The monoisotopic (exact) mass is 646 g/mol. The Bertz CT molecular complexity index is 1820. The van der Waals surface area contributed by atoms with Crippen molar-refractivity contribution in [3.05, 3.63) is 96.2 Å². The Morgan fingerprint density at radius 1 is 1.00 bits per heavy atom. The van der Waals surface area contributed by atoms with Gasteiger partial charge in [0.1, 0.15) is 30.0 Å². The van der Waals surface area contributed by atoms with Crippen LogP contribution in [-0.2, 0) is 17.6 Å². The van der Waals surface area contributed by atoms with E-state index in [-0.39, 0.29) is 0 Å². The second kappa shape index (κ2) is 16.1. The minimum Gasteiger partial charge on any atom is -0.490 e. The van der Waals surface area contributed by atoms with Gasteiger partial charge >= 0.3 is 5.97 Å². The molecule has 0 unspecified atom stereocenters. The molecule has 48 heavy (non-hydrogen) atoms. The number of aliphatic carboxylic acids is 1. The summed E-state index contributed by atoms with van der Waals surface area (Å²) in [6.07, 6.45) is 10.6. The third-order valence-electron chi connectivity index (χ3n) is 8.60. The van der Waals surface area contributed by atoms with E-state index in [2.05, 4.69) is 37.6 Å². The summed E-state index contributed by atoms with van der Waals surface area (Å²) >= 11 is 0. The summed E-state index contributed by atoms with van der Waals surface area (Å²) in [5.74, 6) is 1.83. The summed E-state index contributed by atoms with van der Waals surface area (Å²) in [5.41, 5.74) is 4.73. The first-order valence-corrected chi connectivity index (χ1v) is 16.7. The molecule has 1 aromatic carbocycles. The van der Waals surface area contributed by atoms with E-state index < -0.39 is 12.0 Å². The van der Waals surface area contributed by atoms with Crippen LogP contribution in [-0.4, -0.2) is 79.7 Å². The Morgan fingerprint density at radius 3 is 2.75 bits per heavy atom. The lowest BCUT2D eigenvalue weighted by Crippen LogP contribution is -2.37. The molecule has 5 aromatic rings. The number of rotatable bonds is 16. The number of aryl methyl sites for hydroxylation is 3. The van der Waals surface area contributed by atoms with Gasteiger partial charge in [-0.1, -0.05) is 18.2 Å². The SMILES string of the molecule is Cc1ncccc1OCCN(CCCCc1ccc2c(n1)NCCC2)CC[C@H](Nc1nc(-c2cccnc2)nc2ccccc12)C(=O)O. The molecule has 0 fully saturated rings. The first-order chi connectivity index (χ1) is 23.5. The normalized spacial score (nSPS) is 13.1. The number of benzene rings is 1. The maximum Gasteiger partial charge on any atom is 0.326 e. The van der Waals surface area contributed by atoms with Gasteiger partial charge in [0.2, 0.25) is 0 Å². The van der Waals surface area contributed by atoms with E-state index in [0.717, 1.165) is 84.6 Å². The molecule has 3 N–H and O–H groups in total. The van der Waals surface area contributed by atoms with Gasteiger partial charge < -0.3 is 20.5 Å². The number of nitrogens with one attached hydrogen (secondary N) is 2. The van der Waals surface area contributed by atoms with Crippen molar-refractivity contribution in [1.29, 1.82) is 0 Å². The number of pyridine rings is 3. The van der Waals surface area contributed by atoms with E-state index in [4.69, 9.17) is 19.7 Å². The van der Waals surface area contributed by atoms with Gasteiger partial charge in [0.05, 0.1) is 11.2 Å². The van der Waals surface area contributed by atoms with E-state index in [1.165, 1.54) is 5.56 Å². The predicted molar refractivity (Wildman–Crippen MR) is 187 cm³/mol. The quantitative estimate of drug-likeness (QED) is 0.112. The average Bonchev–Trinajstić information content (AvgIpc) is 3.12. The average molecular weight is 647 g/mol. The fourth-order valence-electron chi connectivity index (χ4n) is 5.94. The van der Waals surface area contributed by atoms with Crippen LogP contribution in [0.2, 0.25) is 0 Å². The van der Waals surface area contributed by atoms with Crippen LogP contribution in [0.1, 0.15) is 42.6 Å². The molecule has 0 saturated heterocycles. The van der Waals surface area contributed by atoms with Crippen LogP contribution in [0.3, 0.4) is 0 Å². The van der Waals surface area contributed by atoms with E-state index in [1.807, 2.05) is 55.5 Å². The maximum atomic E-state index is 12.6. The lowest BCUT2D eigenvalue weighted by atomic mass is 10.1. The standard InChI is InChI=1S/C37H42N8O3/c1-26-33(14-8-19-39-26)48-24-23-45(21-5-4-11-29-16-15-27-9-7-20-40-34(27)41-29)22-17-32(37(46)47)43-36-30-12-2-3-13-31(30)42-35(44-36)28-10-6-18-38-25-28/h2-3,6,8,10,12-16,18-19,25,32H,4-5,7,9,11,17,20-24H2,1H3,(H,40,41)(H,46,47)(H,42,43,44)/t32-/m0/s1. The molecular formula is C37H42N8O3. The number of carboxylic acid groups (broad SMARTS) is 1. The molecule has 5 heterocycles. The molecule has 4 aromatic heterocycles. The number of unbranched alkanes of at least 4 members (excludes halogenated alkanes) is 1. The summed E-state index contributed by atoms with van der Waals surface area (Å²) in [4.78, 5) is 37.7. The van der Waals surface area contributed by atoms with Crippen molar-refractivity contribution < 1.29 is 14.6 Å². The molecule has 0 spiro atoms. The summed E-state index contributed by atoms with van der Waals surface area (Å²) in [6, 6.07) is 18.6. The molecule has 11 nitrogen and oxygen atoms in total. The molecule has 11 heteroatoms. The summed E-state index contributed by atoms with van der Waals surface area (Å²) < 4.78 is 6.07. The third-order valence-corrected chi connectivity index (χ3v) is 8.60. The largest absolute Gasteiger partial charge is 0.490 e. The zero-order valence-electron chi connectivity index (χ0n) is 27.3. The summed E-state index contributed by atoms with van der Waals surface area (Å²) in [6.45, 7) is 5.41. The molecule has 0 bridgehead atoms. The first kappa shape index (κ1) is 32.8. The molecule has 0 amide bonds. The van der Waals surface area contributed by atoms with E-state index in [1.54, 1.807) is 18.6 Å². The number of hydrogen-bond donors (Lipinski definition) is 3. The van der Waals surface area contributed by atoms with Crippen LogP contribution in [0.4, 0.5) is 11.6 Å². The van der Waals surface area contributed by atoms with Gasteiger partial charge in [0.15, 0.2) is 5.82 Å². The highest BCUT2D eigenvalue weighted by atomic mass is 16.5. The number of anilines is 2. The van der Waals surface area contributed by atoms with Gasteiger partial charge in [0, 0.05) is 54.9 Å². The van der Waals surface area contributed by atoms with E-state index >= 15 is 0 Å². The molecule has 1 aliphatic rings. The fraction of sp³-hybridized carbons (Fsp3) is 0.351. The van der Waals surface area contributed by atoms with Crippen LogP contribution in [0.5, 0.6) is 5.75 Å². The number of para-hydroxylation sites is 1. The molecule has 248 valence electrons. The number of carboxylic acids is 1. The fourth-order valence-corrected chi connectivity index (χ4v) is 5.94. The minimum atomic E-state index is -0.935. The Hall–Kier alpha value is -5.16. The molecule has 0 aliphatic carbocycles. The van der Waals surface area contributed by atoms with Crippen molar-refractivity contribution >= 4 is 28.5 Å². The van der Waals surface area contributed by atoms with Crippen molar-refractivity contribution in [2.24, 2.45) is 0 Å². The maximum absolute atomic E-state index is 12.6. The number of carbonyl (C=O) groups is 1. The van der Waals surface area contributed by atoms with Gasteiger partial charge in [-0.2, -0.15) is 0 Å². The first-order valence-electron chi connectivity index (χ1n) is 16.7. The second-order valence-electron chi connectivity index (χ2n) is 12.1. The molecule has 1 atom stereocenters. The number of nitrogens with zero attached hydrogens (tertiary/aromatic N) is 6. The van der Waals surface area contributed by atoms with Crippen LogP contribution >= 0.6 is 0 Å². The zero-order valence-corrected chi connectivity index (χ0v) is 27.3. The Kier molecular flexibility index (Phi) is 11.0. The molecule has 0 radical (unpaired) electrons. The predicted octanol–water partition coefficient (Wildman–Crippen LogP) is 5.81. The van der Waals surface area contributed by atoms with Crippen LogP contribution in [0, 0.1) is 6.92 Å². The van der Waals surface area contributed by atoms with Gasteiger partial charge in [-0.15, -0.1) is 0 Å². The Balaban J connectivity index is 1.12. The van der Waals surface area contributed by atoms with Gasteiger partial charge in [-0.25, -0.2) is 19.7 Å².